The van der Waals surface area contributed by atoms with E-state index in [1.165, 1.54) is 18.2 Å². The standard InChI is InChI=1S/C10H12N4O4S.C4H9NO/c1-2-5-11-19(17,18)10-12-8-4-3-7(14(15)16)6-9(8)13-10;1-3-6-4-2-5-1/h3-4,6,11H,2,5H2,1H3,(H,12,13);5H,1-4H2. The number of hydrogen-bond donors (Lipinski definition) is 3. The van der Waals surface area contributed by atoms with Gasteiger partial charge in [0.15, 0.2) is 0 Å². The Kier molecular flexibility index (Phi) is 6.82. The fourth-order valence-electron chi connectivity index (χ4n) is 2.04. The van der Waals surface area contributed by atoms with Crippen LogP contribution in [0.1, 0.15) is 13.3 Å². The number of morpholine rings is 1. The first kappa shape index (κ1) is 19.2. The van der Waals surface area contributed by atoms with Crippen molar-refractivity contribution in [2.45, 2.75) is 18.5 Å². The normalized spacial score (nSPS) is 14.8. The van der Waals surface area contributed by atoms with Gasteiger partial charge in [0.05, 0.1) is 29.2 Å². The number of nitro groups is 1. The lowest BCUT2D eigenvalue weighted by Crippen LogP contribution is -2.30. The Morgan fingerprint density at radius 3 is 2.60 bits per heavy atom. The largest absolute Gasteiger partial charge is 0.379 e. The monoisotopic (exact) mass is 371 g/mol. The zero-order chi connectivity index (χ0) is 18.3. The van der Waals surface area contributed by atoms with Crippen LogP contribution in [-0.4, -0.2) is 56.2 Å². The molecule has 0 amide bonds. The fraction of sp³-hybridized carbons (Fsp3) is 0.500. The predicted molar refractivity (Wildman–Crippen MR) is 91.9 cm³/mol. The first-order valence-corrected chi connectivity index (χ1v) is 9.34. The molecule has 3 N–H and O–H groups in total. The third-order valence-corrected chi connectivity index (χ3v) is 4.58. The number of aromatic amines is 1. The highest BCUT2D eigenvalue weighted by atomic mass is 32.2. The maximum Gasteiger partial charge on any atom is 0.274 e. The van der Waals surface area contributed by atoms with Crippen LogP contribution >= 0.6 is 0 Å². The molecule has 1 fully saturated rings. The van der Waals surface area contributed by atoms with Crippen molar-refractivity contribution in [2.75, 3.05) is 32.8 Å². The highest BCUT2D eigenvalue weighted by molar-refractivity contribution is 7.89. The van der Waals surface area contributed by atoms with Crippen LogP contribution in [0.5, 0.6) is 0 Å². The number of rotatable bonds is 5. The summed E-state index contributed by atoms with van der Waals surface area (Å²) in [5.41, 5.74) is 0.551. The minimum atomic E-state index is -3.70. The van der Waals surface area contributed by atoms with Gasteiger partial charge in [0, 0.05) is 31.8 Å². The third kappa shape index (κ3) is 5.46. The lowest BCUT2D eigenvalue weighted by atomic mass is 10.3. The molecule has 1 aliphatic rings. The van der Waals surface area contributed by atoms with E-state index in [0.717, 1.165) is 26.3 Å². The Bertz CT molecular complexity index is 805. The van der Waals surface area contributed by atoms with Gasteiger partial charge in [-0.25, -0.2) is 18.1 Å². The summed E-state index contributed by atoms with van der Waals surface area (Å²) < 4.78 is 31.1. The molecule has 0 unspecified atom stereocenters. The van der Waals surface area contributed by atoms with Gasteiger partial charge in [0.25, 0.3) is 15.7 Å². The Morgan fingerprint density at radius 1 is 1.36 bits per heavy atom. The average Bonchev–Trinajstić information content (AvgIpc) is 3.06. The fourth-order valence-corrected chi connectivity index (χ4v) is 3.11. The van der Waals surface area contributed by atoms with Crippen LogP contribution in [-0.2, 0) is 14.8 Å². The number of aromatic nitrogens is 2. The van der Waals surface area contributed by atoms with Gasteiger partial charge in [-0.1, -0.05) is 6.92 Å². The predicted octanol–water partition coefficient (Wildman–Crippen LogP) is 0.766. The van der Waals surface area contributed by atoms with Gasteiger partial charge in [-0.3, -0.25) is 10.1 Å². The van der Waals surface area contributed by atoms with Crippen LogP contribution in [0.25, 0.3) is 11.0 Å². The van der Waals surface area contributed by atoms with E-state index in [9.17, 15) is 18.5 Å². The summed E-state index contributed by atoms with van der Waals surface area (Å²) in [6.07, 6.45) is 0.658. The van der Waals surface area contributed by atoms with Crippen LogP contribution in [0.3, 0.4) is 0 Å². The van der Waals surface area contributed by atoms with E-state index in [2.05, 4.69) is 20.0 Å². The molecular weight excluding hydrogens is 350 g/mol. The van der Waals surface area contributed by atoms with Crippen molar-refractivity contribution in [3.8, 4) is 0 Å². The molecule has 2 aromatic rings. The van der Waals surface area contributed by atoms with E-state index in [1.807, 2.05) is 6.92 Å². The Morgan fingerprint density at radius 2 is 2.08 bits per heavy atom. The molecule has 2 heterocycles. The number of sulfonamides is 1. The van der Waals surface area contributed by atoms with E-state index < -0.39 is 14.9 Å². The van der Waals surface area contributed by atoms with E-state index in [0.29, 0.717) is 24.0 Å². The number of H-pyrrole nitrogens is 1. The SMILES string of the molecule is C1COCCN1.CCCNS(=O)(=O)c1nc2ccc([N+](=O)[O-])cc2[nH]1. The number of nitrogens with zero attached hydrogens (tertiary/aromatic N) is 2. The quantitative estimate of drug-likeness (QED) is 0.521. The summed E-state index contributed by atoms with van der Waals surface area (Å²) in [4.78, 5) is 16.6. The van der Waals surface area contributed by atoms with Crippen molar-refractivity contribution in [3.63, 3.8) is 0 Å². The van der Waals surface area contributed by atoms with Gasteiger partial charge in [-0.2, -0.15) is 0 Å². The number of benzene rings is 1. The molecule has 1 aliphatic heterocycles. The summed E-state index contributed by atoms with van der Waals surface area (Å²) in [5.74, 6) is 0. The third-order valence-electron chi connectivity index (χ3n) is 3.30. The zero-order valence-corrected chi connectivity index (χ0v) is 14.6. The van der Waals surface area contributed by atoms with Crippen LogP contribution in [0.15, 0.2) is 23.4 Å². The molecule has 0 bridgehead atoms. The van der Waals surface area contributed by atoms with Crippen LogP contribution in [0.2, 0.25) is 0 Å². The molecule has 0 atom stereocenters. The number of non-ortho nitro benzene ring substituents is 1. The van der Waals surface area contributed by atoms with E-state index >= 15 is 0 Å². The van der Waals surface area contributed by atoms with Gasteiger partial charge in [0.2, 0.25) is 5.16 Å². The molecule has 138 valence electrons. The maximum atomic E-state index is 11.8. The maximum absolute atomic E-state index is 11.8. The zero-order valence-electron chi connectivity index (χ0n) is 13.8. The van der Waals surface area contributed by atoms with Crippen molar-refractivity contribution in [3.05, 3.63) is 28.3 Å². The number of nitrogens with one attached hydrogen (secondary N) is 3. The number of fused-ring (bicyclic) bond motifs is 1. The molecule has 0 aliphatic carbocycles. The lowest BCUT2D eigenvalue weighted by molar-refractivity contribution is -0.384. The van der Waals surface area contributed by atoms with Gasteiger partial charge in [-0.05, 0) is 12.5 Å². The smallest absolute Gasteiger partial charge is 0.274 e. The number of hydrogen-bond acceptors (Lipinski definition) is 7. The second-order valence-corrected chi connectivity index (χ2v) is 6.94. The van der Waals surface area contributed by atoms with Crippen LogP contribution in [0, 0.1) is 10.1 Å². The van der Waals surface area contributed by atoms with E-state index in [4.69, 9.17) is 4.74 Å². The molecule has 0 saturated carbocycles. The molecule has 1 aromatic carbocycles. The summed E-state index contributed by atoms with van der Waals surface area (Å²) >= 11 is 0. The second kappa shape index (κ2) is 8.85. The Hall–Kier alpha value is -2.08. The molecule has 25 heavy (non-hydrogen) atoms. The molecule has 11 heteroatoms. The summed E-state index contributed by atoms with van der Waals surface area (Å²) in [7, 11) is -3.70. The Balaban J connectivity index is 0.000000316. The van der Waals surface area contributed by atoms with Crippen molar-refractivity contribution in [1.29, 1.82) is 0 Å². The van der Waals surface area contributed by atoms with Crippen LogP contribution in [0.4, 0.5) is 5.69 Å². The summed E-state index contributed by atoms with van der Waals surface area (Å²) in [6, 6.07) is 3.93. The molecule has 3 rings (SSSR count). The van der Waals surface area contributed by atoms with Gasteiger partial charge in [-0.15, -0.1) is 0 Å². The minimum absolute atomic E-state index is 0.124. The van der Waals surface area contributed by atoms with E-state index in [-0.39, 0.29) is 10.8 Å². The first-order valence-electron chi connectivity index (χ1n) is 7.86. The topological polar surface area (TPSA) is 139 Å². The summed E-state index contributed by atoms with van der Waals surface area (Å²) in [6.45, 7) is 5.98. The average molecular weight is 371 g/mol. The second-order valence-electron chi connectivity index (χ2n) is 5.26. The van der Waals surface area contributed by atoms with Gasteiger partial charge >= 0.3 is 0 Å². The van der Waals surface area contributed by atoms with Crippen LogP contribution < -0.4 is 10.0 Å². The Labute approximate surface area is 145 Å². The van der Waals surface area contributed by atoms with Crippen molar-refractivity contribution >= 4 is 26.7 Å². The highest BCUT2D eigenvalue weighted by Gasteiger charge is 2.19. The van der Waals surface area contributed by atoms with Crippen molar-refractivity contribution < 1.29 is 18.1 Å². The molecule has 0 radical (unpaired) electrons. The lowest BCUT2D eigenvalue weighted by Gasteiger charge is -2.10. The van der Waals surface area contributed by atoms with Crippen molar-refractivity contribution in [1.82, 2.24) is 20.0 Å². The molecule has 1 aromatic heterocycles. The number of nitro benzene ring substituents is 1. The van der Waals surface area contributed by atoms with Crippen molar-refractivity contribution in [2.24, 2.45) is 0 Å². The minimum Gasteiger partial charge on any atom is -0.379 e. The first-order chi connectivity index (χ1) is 11.9. The molecule has 10 nitrogen and oxygen atoms in total. The number of imidazole rings is 1. The van der Waals surface area contributed by atoms with Gasteiger partial charge in [0.1, 0.15) is 0 Å². The summed E-state index contributed by atoms with van der Waals surface area (Å²) in [5, 5.41) is 13.6. The van der Waals surface area contributed by atoms with E-state index in [1.54, 1.807) is 0 Å². The number of ether oxygens (including phenoxy) is 1. The molecule has 1 saturated heterocycles. The molecule has 0 spiro atoms. The molecular formula is C14H21N5O5S. The highest BCUT2D eigenvalue weighted by Crippen LogP contribution is 2.20. The van der Waals surface area contributed by atoms with Gasteiger partial charge < -0.3 is 15.0 Å².